The van der Waals surface area contributed by atoms with E-state index in [1.807, 2.05) is 19.1 Å². The Bertz CT molecular complexity index is 523. The second kappa shape index (κ2) is 7.76. The van der Waals surface area contributed by atoms with E-state index in [4.69, 9.17) is 5.73 Å². The molecule has 1 aromatic rings. The Morgan fingerprint density at radius 1 is 1.20 bits per heavy atom. The minimum Gasteiger partial charge on any atom is -0.326 e. The monoisotopic (exact) mass is 298 g/mol. The van der Waals surface area contributed by atoms with E-state index in [0.717, 1.165) is 24.0 Å². The van der Waals surface area contributed by atoms with Crippen molar-refractivity contribution in [2.45, 2.75) is 51.5 Å². The van der Waals surface area contributed by atoms with Crippen LogP contribution in [0.2, 0.25) is 0 Å². The lowest BCUT2D eigenvalue weighted by Gasteiger charge is -2.16. The largest absolute Gasteiger partial charge is 0.326 e. The first-order valence-corrected chi connectivity index (χ1v) is 8.78. The maximum absolute atomic E-state index is 12.5. The van der Waals surface area contributed by atoms with Crippen LogP contribution in [0.3, 0.4) is 0 Å². The van der Waals surface area contributed by atoms with Crippen LogP contribution in [0.15, 0.2) is 23.1 Å². The maximum atomic E-state index is 12.5. The molecule has 0 saturated heterocycles. The molecule has 0 unspecified atom stereocenters. The van der Waals surface area contributed by atoms with Crippen LogP contribution in [0.25, 0.3) is 0 Å². The van der Waals surface area contributed by atoms with Crippen molar-refractivity contribution in [2.75, 3.05) is 6.54 Å². The van der Waals surface area contributed by atoms with E-state index >= 15 is 0 Å². The number of rotatable bonds is 8. The van der Waals surface area contributed by atoms with Crippen LogP contribution in [-0.2, 0) is 23.0 Å². The van der Waals surface area contributed by atoms with Crippen molar-refractivity contribution in [3.63, 3.8) is 0 Å². The lowest BCUT2D eigenvalue weighted by molar-refractivity contribution is 0.478. The zero-order chi connectivity index (χ0) is 15.2. The summed E-state index contributed by atoms with van der Waals surface area (Å²) in [7, 11) is -3.46. The summed E-state index contributed by atoms with van der Waals surface area (Å²) in [6.45, 7) is 6.95. The number of benzene rings is 1. The fourth-order valence-corrected chi connectivity index (χ4v) is 3.63. The topological polar surface area (TPSA) is 72.2 Å². The second-order valence-electron chi connectivity index (χ2n) is 5.03. The van der Waals surface area contributed by atoms with Gasteiger partial charge in [-0.1, -0.05) is 45.7 Å². The molecule has 0 spiro atoms. The van der Waals surface area contributed by atoms with Gasteiger partial charge >= 0.3 is 0 Å². The Kier molecular flexibility index (Phi) is 6.65. The Labute approximate surface area is 122 Å². The fraction of sp³-hybridized carbons (Fsp3) is 0.600. The van der Waals surface area contributed by atoms with Gasteiger partial charge in [0.25, 0.3) is 0 Å². The molecule has 20 heavy (non-hydrogen) atoms. The second-order valence-corrected chi connectivity index (χ2v) is 6.77. The Morgan fingerprint density at radius 2 is 1.85 bits per heavy atom. The van der Waals surface area contributed by atoms with Crippen molar-refractivity contribution in [1.29, 1.82) is 0 Å². The highest BCUT2D eigenvalue weighted by molar-refractivity contribution is 7.89. The third kappa shape index (κ3) is 4.30. The average Bonchev–Trinajstić information content (AvgIpc) is 2.47. The van der Waals surface area contributed by atoms with Gasteiger partial charge in [-0.3, -0.25) is 0 Å². The highest BCUT2D eigenvalue weighted by Crippen LogP contribution is 2.19. The number of nitrogens with two attached hydrogens (primary N) is 1. The summed E-state index contributed by atoms with van der Waals surface area (Å²) in [6.07, 6.45) is 2.64. The van der Waals surface area contributed by atoms with Crippen molar-refractivity contribution >= 4 is 10.0 Å². The van der Waals surface area contributed by atoms with Gasteiger partial charge in [0.2, 0.25) is 10.0 Å². The molecule has 3 N–H and O–H groups in total. The van der Waals surface area contributed by atoms with E-state index in [9.17, 15) is 8.42 Å². The molecule has 0 fully saturated rings. The molecule has 0 amide bonds. The van der Waals surface area contributed by atoms with Gasteiger partial charge in [0.05, 0.1) is 4.90 Å². The molecule has 1 aromatic carbocycles. The Balaban J connectivity index is 3.01. The first-order chi connectivity index (χ1) is 9.48. The molecule has 114 valence electrons. The van der Waals surface area contributed by atoms with Crippen LogP contribution in [0, 0.1) is 5.92 Å². The van der Waals surface area contributed by atoms with E-state index in [-0.39, 0.29) is 0 Å². The third-order valence-corrected chi connectivity index (χ3v) is 5.26. The predicted octanol–water partition coefficient (Wildman–Crippen LogP) is 2.42. The van der Waals surface area contributed by atoms with E-state index in [1.54, 1.807) is 6.07 Å². The van der Waals surface area contributed by atoms with Crippen molar-refractivity contribution < 1.29 is 8.42 Å². The summed E-state index contributed by atoms with van der Waals surface area (Å²) in [5, 5.41) is 0. The number of hydrogen-bond donors (Lipinski definition) is 2. The summed E-state index contributed by atoms with van der Waals surface area (Å²) in [6, 6.07) is 5.43. The minimum atomic E-state index is -3.46. The first kappa shape index (κ1) is 17.1. The minimum absolute atomic E-state index is 0.346. The van der Waals surface area contributed by atoms with Crippen molar-refractivity contribution in [3.8, 4) is 0 Å². The zero-order valence-electron chi connectivity index (χ0n) is 12.6. The lowest BCUT2D eigenvalue weighted by Crippen LogP contribution is -2.30. The average molecular weight is 298 g/mol. The Morgan fingerprint density at radius 3 is 2.35 bits per heavy atom. The van der Waals surface area contributed by atoms with E-state index in [2.05, 4.69) is 18.6 Å². The normalized spacial score (nSPS) is 12.1. The van der Waals surface area contributed by atoms with Gasteiger partial charge in [-0.2, -0.15) is 0 Å². The molecule has 0 saturated carbocycles. The molecule has 4 nitrogen and oxygen atoms in total. The van der Waals surface area contributed by atoms with Gasteiger partial charge in [-0.15, -0.1) is 0 Å². The molecule has 0 radical (unpaired) electrons. The van der Waals surface area contributed by atoms with Crippen LogP contribution >= 0.6 is 0 Å². The number of aryl methyl sites for hydroxylation is 1. The van der Waals surface area contributed by atoms with E-state index < -0.39 is 10.0 Å². The van der Waals surface area contributed by atoms with Crippen molar-refractivity contribution in [1.82, 2.24) is 4.72 Å². The number of hydrogen-bond acceptors (Lipinski definition) is 3. The first-order valence-electron chi connectivity index (χ1n) is 7.29. The molecule has 0 aliphatic carbocycles. The van der Waals surface area contributed by atoms with Crippen LogP contribution < -0.4 is 10.5 Å². The molecule has 0 aliphatic rings. The van der Waals surface area contributed by atoms with Gasteiger partial charge in [0, 0.05) is 13.1 Å². The van der Waals surface area contributed by atoms with E-state index in [0.29, 0.717) is 30.3 Å². The predicted molar refractivity (Wildman–Crippen MR) is 83.0 cm³/mol. The smallest absolute Gasteiger partial charge is 0.240 e. The fourth-order valence-electron chi connectivity index (χ4n) is 2.15. The SMILES string of the molecule is CCc1ccc(CN)cc1S(=O)(=O)NCC(CC)CC. The maximum Gasteiger partial charge on any atom is 0.240 e. The summed E-state index contributed by atoms with van der Waals surface area (Å²) in [5.74, 6) is 0.382. The highest BCUT2D eigenvalue weighted by Gasteiger charge is 2.19. The molecule has 5 heteroatoms. The van der Waals surface area contributed by atoms with E-state index in [1.165, 1.54) is 0 Å². The number of nitrogens with one attached hydrogen (secondary N) is 1. The van der Waals surface area contributed by atoms with Gasteiger partial charge in [-0.25, -0.2) is 13.1 Å². The van der Waals surface area contributed by atoms with Crippen LogP contribution in [-0.4, -0.2) is 15.0 Å². The van der Waals surface area contributed by atoms with Gasteiger partial charge < -0.3 is 5.73 Å². The van der Waals surface area contributed by atoms with Crippen LogP contribution in [0.1, 0.15) is 44.7 Å². The molecule has 0 aromatic heterocycles. The van der Waals surface area contributed by atoms with Gasteiger partial charge in [-0.05, 0) is 29.5 Å². The molecular weight excluding hydrogens is 272 g/mol. The summed E-state index contributed by atoms with van der Waals surface area (Å²) >= 11 is 0. The molecule has 0 aliphatic heterocycles. The standard InChI is InChI=1S/C15H26N2O2S/c1-4-12(5-2)11-17-20(18,19)15-9-13(10-16)7-8-14(15)6-3/h7-9,12,17H,4-6,10-11,16H2,1-3H3. The van der Waals surface area contributed by atoms with Crippen LogP contribution in [0.4, 0.5) is 0 Å². The molecule has 0 atom stereocenters. The number of sulfonamides is 1. The van der Waals surface area contributed by atoms with Crippen molar-refractivity contribution in [2.24, 2.45) is 11.7 Å². The van der Waals surface area contributed by atoms with Gasteiger partial charge in [0.1, 0.15) is 0 Å². The molecular formula is C15H26N2O2S. The zero-order valence-corrected chi connectivity index (χ0v) is 13.5. The lowest BCUT2D eigenvalue weighted by atomic mass is 10.0. The van der Waals surface area contributed by atoms with Crippen LogP contribution in [0.5, 0.6) is 0 Å². The van der Waals surface area contributed by atoms with Crippen molar-refractivity contribution in [3.05, 3.63) is 29.3 Å². The third-order valence-electron chi connectivity index (χ3n) is 3.75. The highest BCUT2D eigenvalue weighted by atomic mass is 32.2. The Hall–Kier alpha value is -0.910. The molecule has 0 bridgehead atoms. The van der Waals surface area contributed by atoms with Gasteiger partial charge in [0.15, 0.2) is 0 Å². The summed E-state index contributed by atoms with van der Waals surface area (Å²) < 4.78 is 27.7. The molecule has 1 rings (SSSR count). The summed E-state index contributed by atoms with van der Waals surface area (Å²) in [5.41, 5.74) is 7.27. The molecule has 0 heterocycles. The summed E-state index contributed by atoms with van der Waals surface area (Å²) in [4.78, 5) is 0.369. The quantitative estimate of drug-likeness (QED) is 0.774.